The fraction of sp³-hybridized carbons (Fsp3) is 0.636. The number of rotatable bonds is 5. The quantitative estimate of drug-likeness (QED) is 0.793. The molecule has 1 atom stereocenters. The fourth-order valence-electron chi connectivity index (χ4n) is 1.63. The summed E-state index contributed by atoms with van der Waals surface area (Å²) in [6.45, 7) is 7.80. The summed E-state index contributed by atoms with van der Waals surface area (Å²) in [7, 11) is 0. The zero-order chi connectivity index (χ0) is 13.1. The van der Waals surface area contributed by atoms with E-state index in [1.54, 1.807) is 11.0 Å². The van der Waals surface area contributed by atoms with Crippen molar-refractivity contribution in [1.29, 1.82) is 0 Å². The standard InChI is InChI=1S/C11H17BrN6/c1-8(2)4-18-11(13-7-14-18)6-17-5-10(9(3)12)15-16-17/h5,7-9H,4,6H2,1-3H3. The molecule has 18 heavy (non-hydrogen) atoms. The number of halogens is 1. The number of nitrogens with zero attached hydrogens (tertiary/aromatic N) is 6. The summed E-state index contributed by atoms with van der Waals surface area (Å²) in [6.07, 6.45) is 3.51. The molecule has 0 saturated carbocycles. The number of hydrogen-bond donors (Lipinski definition) is 0. The highest BCUT2D eigenvalue weighted by Crippen LogP contribution is 2.18. The van der Waals surface area contributed by atoms with E-state index in [1.807, 2.05) is 17.8 Å². The molecular weight excluding hydrogens is 296 g/mol. The Kier molecular flexibility index (Phi) is 4.11. The predicted molar refractivity (Wildman–Crippen MR) is 71.3 cm³/mol. The molecular formula is C11H17BrN6. The van der Waals surface area contributed by atoms with E-state index in [9.17, 15) is 0 Å². The molecule has 2 aromatic heterocycles. The van der Waals surface area contributed by atoms with Crippen LogP contribution in [-0.2, 0) is 13.1 Å². The molecule has 0 fully saturated rings. The summed E-state index contributed by atoms with van der Waals surface area (Å²) in [4.78, 5) is 4.48. The van der Waals surface area contributed by atoms with Crippen LogP contribution < -0.4 is 0 Å². The SMILES string of the molecule is CC(C)Cn1ncnc1Cn1cc(C(C)Br)nn1. The third-order valence-electron chi connectivity index (χ3n) is 2.50. The van der Waals surface area contributed by atoms with Crippen LogP contribution in [0.3, 0.4) is 0 Å². The second-order valence-corrected chi connectivity index (χ2v) is 6.08. The van der Waals surface area contributed by atoms with Gasteiger partial charge in [-0.25, -0.2) is 14.3 Å². The van der Waals surface area contributed by atoms with E-state index < -0.39 is 0 Å². The average molecular weight is 313 g/mol. The lowest BCUT2D eigenvalue weighted by Crippen LogP contribution is -2.13. The van der Waals surface area contributed by atoms with Gasteiger partial charge in [-0.05, 0) is 12.8 Å². The molecule has 0 radical (unpaired) electrons. The summed E-state index contributed by atoms with van der Waals surface area (Å²) >= 11 is 3.47. The van der Waals surface area contributed by atoms with Gasteiger partial charge in [0.15, 0.2) is 0 Å². The van der Waals surface area contributed by atoms with Gasteiger partial charge in [-0.1, -0.05) is 35.0 Å². The van der Waals surface area contributed by atoms with Crippen molar-refractivity contribution in [3.63, 3.8) is 0 Å². The Balaban J connectivity index is 2.10. The minimum absolute atomic E-state index is 0.208. The van der Waals surface area contributed by atoms with Gasteiger partial charge in [0.25, 0.3) is 0 Å². The molecule has 0 aliphatic heterocycles. The Morgan fingerprint density at radius 2 is 2.11 bits per heavy atom. The van der Waals surface area contributed by atoms with Crippen LogP contribution in [0.15, 0.2) is 12.5 Å². The molecule has 2 rings (SSSR count). The van der Waals surface area contributed by atoms with Crippen LogP contribution in [0.2, 0.25) is 0 Å². The predicted octanol–water partition coefficient (Wildman–Crippen LogP) is 2.03. The van der Waals surface area contributed by atoms with Crippen LogP contribution in [0.5, 0.6) is 0 Å². The van der Waals surface area contributed by atoms with Gasteiger partial charge in [0, 0.05) is 6.54 Å². The van der Waals surface area contributed by atoms with Crippen LogP contribution in [0.1, 0.15) is 37.1 Å². The second kappa shape index (κ2) is 5.60. The highest BCUT2D eigenvalue weighted by molar-refractivity contribution is 9.09. The van der Waals surface area contributed by atoms with Gasteiger partial charge in [0.1, 0.15) is 18.7 Å². The Morgan fingerprint density at radius 1 is 1.33 bits per heavy atom. The molecule has 6 nitrogen and oxygen atoms in total. The first kappa shape index (κ1) is 13.2. The molecule has 98 valence electrons. The first-order valence-electron chi connectivity index (χ1n) is 5.97. The lowest BCUT2D eigenvalue weighted by molar-refractivity contribution is 0.455. The molecule has 0 amide bonds. The maximum atomic E-state index is 4.27. The molecule has 0 aromatic carbocycles. The molecule has 0 N–H and O–H groups in total. The van der Waals surface area contributed by atoms with Gasteiger partial charge in [0.2, 0.25) is 0 Å². The van der Waals surface area contributed by atoms with Crippen LogP contribution in [0.25, 0.3) is 0 Å². The van der Waals surface area contributed by atoms with E-state index in [4.69, 9.17) is 0 Å². The highest BCUT2D eigenvalue weighted by Gasteiger charge is 2.10. The largest absolute Gasteiger partial charge is 0.248 e. The van der Waals surface area contributed by atoms with Crippen molar-refractivity contribution in [2.45, 2.75) is 38.7 Å². The van der Waals surface area contributed by atoms with E-state index in [0.29, 0.717) is 12.5 Å². The summed E-state index contributed by atoms with van der Waals surface area (Å²) in [5, 5.41) is 12.4. The third-order valence-corrected chi connectivity index (χ3v) is 2.97. The van der Waals surface area contributed by atoms with Crippen LogP contribution in [0, 0.1) is 5.92 Å². The Labute approximate surface area is 115 Å². The van der Waals surface area contributed by atoms with Gasteiger partial charge in [0.05, 0.1) is 16.7 Å². The van der Waals surface area contributed by atoms with E-state index in [2.05, 4.69) is 50.2 Å². The molecule has 2 heterocycles. The lowest BCUT2D eigenvalue weighted by Gasteiger charge is -2.07. The maximum Gasteiger partial charge on any atom is 0.148 e. The Hall–Kier alpha value is -1.24. The summed E-state index contributed by atoms with van der Waals surface area (Å²) in [5.74, 6) is 1.45. The minimum Gasteiger partial charge on any atom is -0.248 e. The topological polar surface area (TPSA) is 61.4 Å². The second-order valence-electron chi connectivity index (χ2n) is 4.71. The summed E-state index contributed by atoms with van der Waals surface area (Å²) in [6, 6.07) is 0. The molecule has 7 heteroatoms. The minimum atomic E-state index is 0.208. The fourth-order valence-corrected chi connectivity index (χ4v) is 1.84. The van der Waals surface area contributed by atoms with Crippen molar-refractivity contribution in [1.82, 2.24) is 29.8 Å². The Morgan fingerprint density at radius 3 is 2.72 bits per heavy atom. The Bertz CT molecular complexity index is 501. The zero-order valence-electron chi connectivity index (χ0n) is 10.8. The highest BCUT2D eigenvalue weighted by atomic mass is 79.9. The molecule has 0 aliphatic carbocycles. The van der Waals surface area contributed by atoms with E-state index in [0.717, 1.165) is 18.1 Å². The zero-order valence-corrected chi connectivity index (χ0v) is 12.4. The monoisotopic (exact) mass is 312 g/mol. The van der Waals surface area contributed by atoms with Gasteiger partial charge in [-0.2, -0.15) is 5.10 Å². The molecule has 2 aromatic rings. The molecule has 1 unspecified atom stereocenters. The van der Waals surface area contributed by atoms with Crippen LogP contribution >= 0.6 is 15.9 Å². The van der Waals surface area contributed by atoms with Gasteiger partial charge < -0.3 is 0 Å². The average Bonchev–Trinajstić information content (AvgIpc) is 2.89. The molecule has 0 saturated heterocycles. The van der Waals surface area contributed by atoms with Crippen molar-refractivity contribution in [3.8, 4) is 0 Å². The maximum absolute atomic E-state index is 4.27. The van der Waals surface area contributed by atoms with Crippen LogP contribution in [-0.4, -0.2) is 29.8 Å². The van der Waals surface area contributed by atoms with Gasteiger partial charge >= 0.3 is 0 Å². The number of hydrogen-bond acceptors (Lipinski definition) is 4. The summed E-state index contributed by atoms with van der Waals surface area (Å²) < 4.78 is 3.71. The van der Waals surface area contributed by atoms with Crippen molar-refractivity contribution in [2.75, 3.05) is 0 Å². The van der Waals surface area contributed by atoms with Crippen molar-refractivity contribution in [2.24, 2.45) is 5.92 Å². The van der Waals surface area contributed by atoms with Crippen molar-refractivity contribution < 1.29 is 0 Å². The van der Waals surface area contributed by atoms with E-state index in [1.165, 1.54) is 0 Å². The van der Waals surface area contributed by atoms with Crippen molar-refractivity contribution >= 4 is 15.9 Å². The number of aromatic nitrogens is 6. The normalized spacial score (nSPS) is 13.2. The van der Waals surface area contributed by atoms with Gasteiger partial charge in [-0.3, -0.25) is 0 Å². The van der Waals surface area contributed by atoms with Crippen molar-refractivity contribution in [3.05, 3.63) is 24.0 Å². The molecule has 0 aliphatic rings. The lowest BCUT2D eigenvalue weighted by atomic mass is 10.2. The first-order valence-corrected chi connectivity index (χ1v) is 6.88. The molecule has 0 spiro atoms. The van der Waals surface area contributed by atoms with Gasteiger partial charge in [-0.15, -0.1) is 5.10 Å². The molecule has 0 bridgehead atoms. The summed E-state index contributed by atoms with van der Waals surface area (Å²) in [5.41, 5.74) is 0.921. The smallest absolute Gasteiger partial charge is 0.148 e. The first-order chi connectivity index (χ1) is 8.56. The van der Waals surface area contributed by atoms with E-state index in [-0.39, 0.29) is 4.83 Å². The van der Waals surface area contributed by atoms with Crippen LogP contribution in [0.4, 0.5) is 0 Å². The van der Waals surface area contributed by atoms with E-state index >= 15 is 0 Å². The third kappa shape index (κ3) is 3.16. The number of alkyl halides is 1.